The van der Waals surface area contributed by atoms with E-state index in [1.165, 1.54) is 20.3 Å². The van der Waals surface area contributed by atoms with Gasteiger partial charge in [-0.1, -0.05) is 27.5 Å². The fourth-order valence-electron chi connectivity index (χ4n) is 1.12. The van der Waals surface area contributed by atoms with Crippen molar-refractivity contribution < 1.29 is 14.3 Å². The van der Waals surface area contributed by atoms with Crippen molar-refractivity contribution in [1.29, 1.82) is 0 Å². The van der Waals surface area contributed by atoms with Crippen LogP contribution in [0.25, 0.3) is 0 Å². The number of rotatable bonds is 3. The summed E-state index contributed by atoms with van der Waals surface area (Å²) < 4.78 is 9.68. The topological polar surface area (TPSA) is 48.4 Å². The number of carbonyl (C=O) groups is 1. The molecule has 0 aromatic carbocycles. The molecule has 0 unspecified atom stereocenters. The third kappa shape index (κ3) is 2.60. The van der Waals surface area contributed by atoms with Crippen LogP contribution in [0.5, 0.6) is 5.75 Å². The summed E-state index contributed by atoms with van der Waals surface area (Å²) >= 11 is 8.98. The number of halogens is 2. The molecule has 0 aliphatic carbocycles. The molecule has 0 N–H and O–H groups in total. The third-order valence-corrected chi connectivity index (χ3v) is 2.49. The Morgan fingerprint density at radius 2 is 2.27 bits per heavy atom. The quantitative estimate of drug-likeness (QED) is 0.488. The fourth-order valence-corrected chi connectivity index (χ4v) is 1.72. The molecule has 0 aliphatic heterocycles. The summed E-state index contributed by atoms with van der Waals surface area (Å²) in [4.78, 5) is 15.5. The highest BCUT2D eigenvalue weighted by molar-refractivity contribution is 9.08. The second kappa shape index (κ2) is 5.32. The van der Waals surface area contributed by atoms with Gasteiger partial charge in [-0.2, -0.15) is 0 Å². The maximum absolute atomic E-state index is 11.5. The van der Waals surface area contributed by atoms with Gasteiger partial charge in [-0.3, -0.25) is 0 Å². The second-order valence-corrected chi connectivity index (χ2v) is 3.54. The number of methoxy groups -OCH3 is 2. The van der Waals surface area contributed by atoms with Gasteiger partial charge >= 0.3 is 5.97 Å². The highest BCUT2D eigenvalue weighted by Crippen LogP contribution is 2.26. The zero-order valence-electron chi connectivity index (χ0n) is 8.21. The number of nitrogens with zero attached hydrogens (tertiary/aromatic N) is 1. The minimum absolute atomic E-state index is 0.272. The molecule has 0 radical (unpaired) electrons. The Bertz CT molecular complexity index is 359. The normalized spacial score (nSPS) is 9.87. The van der Waals surface area contributed by atoms with E-state index in [0.29, 0.717) is 22.3 Å². The molecule has 0 aliphatic rings. The average molecular weight is 295 g/mol. The number of hydrogen-bond donors (Lipinski definition) is 0. The minimum atomic E-state index is -0.495. The number of hydrogen-bond acceptors (Lipinski definition) is 4. The lowest BCUT2D eigenvalue weighted by molar-refractivity contribution is 0.0595. The van der Waals surface area contributed by atoms with Gasteiger partial charge in [0.15, 0.2) is 0 Å². The summed E-state index contributed by atoms with van der Waals surface area (Å²) in [6, 6.07) is 1.47. The predicted molar refractivity (Wildman–Crippen MR) is 59.8 cm³/mol. The Labute approximate surface area is 101 Å². The van der Waals surface area contributed by atoms with Crippen molar-refractivity contribution >= 4 is 33.5 Å². The van der Waals surface area contributed by atoms with Crippen molar-refractivity contribution in [3.05, 3.63) is 22.5 Å². The van der Waals surface area contributed by atoms with Gasteiger partial charge in [0.1, 0.15) is 16.5 Å². The fraction of sp³-hybridized carbons (Fsp3) is 0.333. The SMILES string of the molecule is COC(=O)c1c(OC)cc(Cl)nc1CBr. The highest BCUT2D eigenvalue weighted by atomic mass is 79.9. The molecule has 1 rings (SSSR count). The van der Waals surface area contributed by atoms with Crippen LogP contribution in [0.1, 0.15) is 16.1 Å². The van der Waals surface area contributed by atoms with Crippen LogP contribution in [-0.4, -0.2) is 25.2 Å². The van der Waals surface area contributed by atoms with Crippen molar-refractivity contribution in [2.24, 2.45) is 0 Å². The molecule has 0 spiro atoms. The van der Waals surface area contributed by atoms with E-state index in [0.717, 1.165) is 0 Å². The molecule has 1 heterocycles. The molecule has 0 saturated heterocycles. The summed E-state index contributed by atoms with van der Waals surface area (Å²) in [6.07, 6.45) is 0. The van der Waals surface area contributed by atoms with Crippen molar-refractivity contribution in [3.63, 3.8) is 0 Å². The first-order chi connectivity index (χ1) is 7.13. The molecule has 0 bridgehead atoms. The number of ether oxygens (including phenoxy) is 2. The summed E-state index contributed by atoms with van der Waals surface area (Å²) in [5.41, 5.74) is 0.785. The standard InChI is InChI=1S/C9H9BrClNO3/c1-14-6-3-7(11)12-5(4-10)8(6)9(13)15-2/h3H,4H2,1-2H3. The zero-order chi connectivity index (χ0) is 11.4. The smallest absolute Gasteiger partial charge is 0.343 e. The number of alkyl halides is 1. The van der Waals surface area contributed by atoms with Crippen LogP contribution >= 0.6 is 27.5 Å². The summed E-state index contributed by atoms with van der Waals surface area (Å²) in [5, 5.41) is 0.669. The van der Waals surface area contributed by atoms with Crippen LogP contribution in [-0.2, 0) is 10.1 Å². The predicted octanol–water partition coefficient (Wildman–Crippen LogP) is 2.43. The maximum atomic E-state index is 11.5. The molecular weight excluding hydrogens is 285 g/mol. The van der Waals surface area contributed by atoms with Crippen molar-refractivity contribution in [1.82, 2.24) is 4.98 Å². The maximum Gasteiger partial charge on any atom is 0.343 e. The molecule has 0 atom stereocenters. The molecule has 15 heavy (non-hydrogen) atoms. The number of carbonyl (C=O) groups excluding carboxylic acids is 1. The van der Waals surface area contributed by atoms with Crippen LogP contribution in [0.3, 0.4) is 0 Å². The van der Waals surface area contributed by atoms with Gasteiger partial charge in [-0.05, 0) is 0 Å². The molecule has 1 aromatic rings. The third-order valence-electron chi connectivity index (χ3n) is 1.76. The van der Waals surface area contributed by atoms with Gasteiger partial charge in [-0.25, -0.2) is 9.78 Å². The number of pyridine rings is 1. The molecular formula is C9H9BrClNO3. The van der Waals surface area contributed by atoms with Gasteiger partial charge in [-0.15, -0.1) is 0 Å². The Hall–Kier alpha value is -0.810. The van der Waals surface area contributed by atoms with Crippen LogP contribution in [0.2, 0.25) is 5.15 Å². The van der Waals surface area contributed by atoms with Gasteiger partial charge in [0.05, 0.1) is 19.9 Å². The van der Waals surface area contributed by atoms with E-state index in [1.54, 1.807) is 0 Å². The molecule has 6 heteroatoms. The first-order valence-corrected chi connectivity index (χ1v) is 5.51. The van der Waals surface area contributed by atoms with Gasteiger partial charge in [0, 0.05) is 11.4 Å². The summed E-state index contributed by atoms with van der Waals surface area (Å²) in [5.74, 6) is -0.137. The van der Waals surface area contributed by atoms with Crippen LogP contribution in [0, 0.1) is 0 Å². The lowest BCUT2D eigenvalue weighted by Crippen LogP contribution is -2.09. The van der Waals surface area contributed by atoms with Gasteiger partial charge in [0.2, 0.25) is 0 Å². The van der Waals surface area contributed by atoms with Crippen LogP contribution in [0.15, 0.2) is 6.07 Å². The second-order valence-electron chi connectivity index (χ2n) is 2.59. The van der Waals surface area contributed by atoms with Gasteiger partial charge < -0.3 is 9.47 Å². The first-order valence-electron chi connectivity index (χ1n) is 4.01. The number of aromatic nitrogens is 1. The average Bonchev–Trinajstić information content (AvgIpc) is 2.26. The van der Waals surface area contributed by atoms with E-state index >= 15 is 0 Å². The van der Waals surface area contributed by atoms with E-state index in [4.69, 9.17) is 16.3 Å². The van der Waals surface area contributed by atoms with Gasteiger partial charge in [0.25, 0.3) is 0 Å². The molecule has 1 aromatic heterocycles. The lowest BCUT2D eigenvalue weighted by atomic mass is 10.2. The van der Waals surface area contributed by atoms with Crippen molar-refractivity contribution in [3.8, 4) is 5.75 Å². The van der Waals surface area contributed by atoms with Crippen molar-refractivity contribution in [2.75, 3.05) is 14.2 Å². The Kier molecular flexibility index (Phi) is 4.35. The summed E-state index contributed by atoms with van der Waals surface area (Å²) in [6.45, 7) is 0. The van der Waals surface area contributed by atoms with Crippen molar-refractivity contribution in [2.45, 2.75) is 5.33 Å². The van der Waals surface area contributed by atoms with E-state index in [-0.39, 0.29) is 5.15 Å². The number of esters is 1. The van der Waals surface area contributed by atoms with E-state index in [1.807, 2.05) is 0 Å². The highest BCUT2D eigenvalue weighted by Gasteiger charge is 2.19. The Morgan fingerprint density at radius 3 is 2.73 bits per heavy atom. The molecule has 82 valence electrons. The van der Waals surface area contributed by atoms with E-state index in [2.05, 4.69) is 25.7 Å². The molecule has 0 fully saturated rings. The Morgan fingerprint density at radius 1 is 1.60 bits per heavy atom. The minimum Gasteiger partial charge on any atom is -0.496 e. The first kappa shape index (κ1) is 12.3. The van der Waals surface area contributed by atoms with Crippen LogP contribution in [0.4, 0.5) is 0 Å². The van der Waals surface area contributed by atoms with E-state index < -0.39 is 5.97 Å². The molecule has 4 nitrogen and oxygen atoms in total. The summed E-state index contributed by atoms with van der Waals surface area (Å²) in [7, 11) is 2.75. The molecule has 0 amide bonds. The Balaban J connectivity index is 3.36. The lowest BCUT2D eigenvalue weighted by Gasteiger charge is -2.10. The molecule has 0 saturated carbocycles. The largest absolute Gasteiger partial charge is 0.496 e. The van der Waals surface area contributed by atoms with Crippen LogP contribution < -0.4 is 4.74 Å². The zero-order valence-corrected chi connectivity index (χ0v) is 10.6. The van der Waals surface area contributed by atoms with E-state index in [9.17, 15) is 4.79 Å². The monoisotopic (exact) mass is 293 g/mol.